The van der Waals surface area contributed by atoms with Gasteiger partial charge in [0.15, 0.2) is 0 Å². The van der Waals surface area contributed by atoms with E-state index in [1.165, 1.54) is 5.56 Å². The first-order chi connectivity index (χ1) is 17.0. The molecule has 2 aliphatic rings. The quantitative estimate of drug-likeness (QED) is 0.231. The third-order valence-corrected chi connectivity index (χ3v) is 6.83. The molecule has 0 saturated heterocycles. The van der Waals surface area contributed by atoms with E-state index >= 15 is 0 Å². The number of anilines is 1. The largest absolute Gasteiger partial charge is 0.462 e. The second-order valence-corrected chi connectivity index (χ2v) is 9.29. The van der Waals surface area contributed by atoms with Gasteiger partial charge in [0.2, 0.25) is 0 Å². The molecule has 0 spiro atoms. The van der Waals surface area contributed by atoms with Gasteiger partial charge >= 0.3 is 11.9 Å². The predicted octanol–water partition coefficient (Wildman–Crippen LogP) is 6.95. The highest BCUT2D eigenvalue weighted by Gasteiger charge is 2.38. The zero-order valence-corrected chi connectivity index (χ0v) is 20.1. The van der Waals surface area contributed by atoms with E-state index in [0.29, 0.717) is 24.5 Å². The van der Waals surface area contributed by atoms with E-state index in [0.717, 1.165) is 22.7 Å². The Kier molecular flexibility index (Phi) is 6.60. The molecule has 0 aromatic heterocycles. The molecule has 1 aliphatic carbocycles. The summed E-state index contributed by atoms with van der Waals surface area (Å²) in [5, 5.41) is 4.38. The Bertz CT molecular complexity index is 1280. The van der Waals surface area contributed by atoms with Crippen molar-refractivity contribution in [2.75, 3.05) is 11.9 Å². The zero-order chi connectivity index (χ0) is 24.4. The van der Waals surface area contributed by atoms with Crippen molar-refractivity contribution in [3.63, 3.8) is 0 Å². The number of hydrogen-bond donors (Lipinski definition) is 1. The predicted molar refractivity (Wildman–Crippen MR) is 136 cm³/mol. The van der Waals surface area contributed by atoms with E-state index in [9.17, 15) is 9.59 Å². The van der Waals surface area contributed by atoms with Gasteiger partial charge in [0.05, 0.1) is 18.2 Å². The van der Waals surface area contributed by atoms with Crippen LogP contribution >= 0.6 is 11.6 Å². The van der Waals surface area contributed by atoms with Gasteiger partial charge in [-0.1, -0.05) is 54.9 Å². The van der Waals surface area contributed by atoms with Crippen molar-refractivity contribution in [1.82, 2.24) is 0 Å². The van der Waals surface area contributed by atoms with E-state index in [4.69, 9.17) is 21.1 Å². The average molecular weight is 488 g/mol. The summed E-state index contributed by atoms with van der Waals surface area (Å²) in [5.41, 5.74) is 3.93. The second kappa shape index (κ2) is 9.96. The number of ether oxygens (including phenoxy) is 2. The summed E-state index contributed by atoms with van der Waals surface area (Å²) in [6, 6.07) is 20.3. The smallest absolute Gasteiger partial charge is 0.343 e. The van der Waals surface area contributed by atoms with Crippen LogP contribution in [-0.4, -0.2) is 18.5 Å². The van der Waals surface area contributed by atoms with Crippen molar-refractivity contribution >= 4 is 29.2 Å². The molecule has 5 nitrogen and oxygen atoms in total. The molecule has 0 fully saturated rings. The highest BCUT2D eigenvalue weighted by atomic mass is 35.5. The lowest BCUT2D eigenvalue weighted by atomic mass is 9.76. The average Bonchev–Trinajstić information content (AvgIpc) is 3.38. The van der Waals surface area contributed by atoms with Crippen LogP contribution in [-0.2, 0) is 4.74 Å². The highest BCUT2D eigenvalue weighted by Crippen LogP contribution is 2.50. The normalized spacial score (nSPS) is 19.9. The summed E-state index contributed by atoms with van der Waals surface area (Å²) in [7, 11) is 0. The number of carbonyl (C=O) groups is 2. The number of carbonyl (C=O) groups excluding carboxylic acids is 2. The van der Waals surface area contributed by atoms with E-state index < -0.39 is 11.9 Å². The van der Waals surface area contributed by atoms with Crippen LogP contribution in [0.2, 0.25) is 5.02 Å². The number of nitrogens with one attached hydrogen (secondary N) is 1. The van der Waals surface area contributed by atoms with Crippen molar-refractivity contribution in [2.45, 2.75) is 31.7 Å². The maximum Gasteiger partial charge on any atom is 0.343 e. The van der Waals surface area contributed by atoms with Gasteiger partial charge in [0.1, 0.15) is 11.3 Å². The van der Waals surface area contributed by atoms with Crippen LogP contribution in [0.25, 0.3) is 0 Å². The van der Waals surface area contributed by atoms with Crippen LogP contribution in [0.1, 0.15) is 63.6 Å². The fraction of sp³-hybridized carbons (Fsp3) is 0.241. The molecule has 3 atom stereocenters. The number of rotatable bonds is 6. The molecule has 35 heavy (non-hydrogen) atoms. The molecule has 1 heterocycles. The first-order valence-electron chi connectivity index (χ1n) is 11.9. The topological polar surface area (TPSA) is 64.6 Å². The van der Waals surface area contributed by atoms with Crippen molar-refractivity contribution in [3.8, 4) is 5.75 Å². The minimum absolute atomic E-state index is 0.151. The van der Waals surface area contributed by atoms with E-state index in [2.05, 4.69) is 29.6 Å². The Labute approximate surface area is 209 Å². The molecule has 6 heteroatoms. The number of esters is 2. The standard InChI is InChI=1S/C29H26ClNO4/c1-2-16-34-29(33)23-6-3-4-9-26(23)35-28(32)19-12-15-25-24(17-19)21-7-5-8-22(21)27(31-25)18-10-13-20(30)14-11-18/h3-7,9-15,17,21-22,27,31H,2,8,16H2,1H3/t21-,22+,27-/m0/s1. The molecule has 1 aliphatic heterocycles. The van der Waals surface area contributed by atoms with Gasteiger partial charge in [-0.15, -0.1) is 0 Å². The molecule has 0 radical (unpaired) electrons. The minimum Gasteiger partial charge on any atom is -0.462 e. The van der Waals surface area contributed by atoms with Crippen molar-refractivity contribution in [1.29, 1.82) is 0 Å². The summed E-state index contributed by atoms with van der Waals surface area (Å²) in [4.78, 5) is 25.5. The van der Waals surface area contributed by atoms with E-state index in [1.54, 1.807) is 30.3 Å². The lowest BCUT2D eigenvalue weighted by molar-refractivity contribution is 0.0499. The Hall–Kier alpha value is -3.57. The lowest BCUT2D eigenvalue weighted by Gasteiger charge is -2.37. The third-order valence-electron chi connectivity index (χ3n) is 6.57. The third kappa shape index (κ3) is 4.69. The number of hydrogen-bond acceptors (Lipinski definition) is 5. The molecule has 3 aromatic rings. The first-order valence-corrected chi connectivity index (χ1v) is 12.2. The van der Waals surface area contributed by atoms with Gasteiger partial charge in [-0.2, -0.15) is 0 Å². The number of benzene rings is 3. The van der Waals surface area contributed by atoms with Gasteiger partial charge < -0.3 is 14.8 Å². The summed E-state index contributed by atoms with van der Waals surface area (Å²) >= 11 is 6.10. The molecule has 0 bridgehead atoms. The Morgan fingerprint density at radius 2 is 1.83 bits per heavy atom. The molecule has 0 amide bonds. The van der Waals surface area contributed by atoms with Crippen LogP contribution in [0.4, 0.5) is 5.69 Å². The minimum atomic E-state index is -0.512. The number of halogens is 1. The van der Waals surface area contributed by atoms with Crippen LogP contribution < -0.4 is 10.1 Å². The summed E-state index contributed by atoms with van der Waals surface area (Å²) in [6.45, 7) is 2.23. The molecule has 5 rings (SSSR count). The second-order valence-electron chi connectivity index (χ2n) is 8.85. The van der Waals surface area contributed by atoms with Crippen molar-refractivity contribution in [2.24, 2.45) is 5.92 Å². The van der Waals surface area contributed by atoms with Gasteiger partial charge in [0.25, 0.3) is 0 Å². The fourth-order valence-corrected chi connectivity index (χ4v) is 5.00. The van der Waals surface area contributed by atoms with Crippen LogP contribution in [0.3, 0.4) is 0 Å². The van der Waals surface area contributed by atoms with Gasteiger partial charge in [-0.25, -0.2) is 9.59 Å². The molecule has 0 saturated carbocycles. The number of allylic oxidation sites excluding steroid dienone is 2. The van der Waals surface area contributed by atoms with Crippen molar-refractivity contribution in [3.05, 3.63) is 106 Å². The number of para-hydroxylation sites is 1. The summed E-state index contributed by atoms with van der Waals surface area (Å²) < 4.78 is 10.9. The fourth-order valence-electron chi connectivity index (χ4n) is 4.88. The maximum absolute atomic E-state index is 13.1. The van der Waals surface area contributed by atoms with E-state index in [-0.39, 0.29) is 23.3 Å². The maximum atomic E-state index is 13.1. The molecule has 0 unspecified atom stereocenters. The first kappa shape index (κ1) is 23.2. The summed E-state index contributed by atoms with van der Waals surface area (Å²) in [6.07, 6.45) is 6.10. The molecular formula is C29H26ClNO4. The van der Waals surface area contributed by atoms with Gasteiger partial charge in [0, 0.05) is 16.6 Å². The van der Waals surface area contributed by atoms with Crippen LogP contribution in [0, 0.1) is 5.92 Å². The molecular weight excluding hydrogens is 462 g/mol. The molecule has 3 aromatic carbocycles. The summed E-state index contributed by atoms with van der Waals surface area (Å²) in [5.74, 6) is -0.296. The molecule has 1 N–H and O–H groups in total. The SMILES string of the molecule is CCCOC(=O)c1ccccc1OC(=O)c1ccc2c(c1)[C@H]1C=CC[C@H]1[C@H](c1ccc(Cl)cc1)N2. The van der Waals surface area contributed by atoms with E-state index in [1.807, 2.05) is 31.2 Å². The highest BCUT2D eigenvalue weighted by molar-refractivity contribution is 6.30. The van der Waals surface area contributed by atoms with Crippen LogP contribution in [0.15, 0.2) is 78.9 Å². The number of fused-ring (bicyclic) bond motifs is 3. The van der Waals surface area contributed by atoms with Crippen LogP contribution in [0.5, 0.6) is 5.75 Å². The zero-order valence-electron chi connectivity index (χ0n) is 19.4. The van der Waals surface area contributed by atoms with Gasteiger partial charge in [-0.3, -0.25) is 0 Å². The lowest BCUT2D eigenvalue weighted by Crippen LogP contribution is -2.29. The Balaban J connectivity index is 1.40. The monoisotopic (exact) mass is 487 g/mol. The van der Waals surface area contributed by atoms with Gasteiger partial charge in [-0.05, 0) is 72.4 Å². The Morgan fingerprint density at radius 3 is 2.63 bits per heavy atom. The Morgan fingerprint density at radius 1 is 1.03 bits per heavy atom. The van der Waals surface area contributed by atoms with Crippen molar-refractivity contribution < 1.29 is 19.1 Å². The molecule has 178 valence electrons.